The van der Waals surface area contributed by atoms with E-state index in [9.17, 15) is 4.79 Å². The van der Waals surface area contributed by atoms with Crippen molar-refractivity contribution in [2.75, 3.05) is 27.7 Å². The standard InChI is InChI=1S/C16H24N2O3/c1-6-18(5)16(19)21-13-7-8-14-12(9-13)10-20-11(2)15(14)17(3)4/h7-9,11,15H,6,10H2,1-5H3/t11-,15?/m0/s1. The summed E-state index contributed by atoms with van der Waals surface area (Å²) in [4.78, 5) is 15.5. The molecule has 1 aliphatic heterocycles. The Labute approximate surface area is 126 Å². The van der Waals surface area contributed by atoms with E-state index in [-0.39, 0.29) is 18.2 Å². The predicted molar refractivity (Wildman–Crippen MR) is 81.4 cm³/mol. The van der Waals surface area contributed by atoms with Crippen LogP contribution in [0, 0.1) is 0 Å². The Balaban J connectivity index is 2.22. The van der Waals surface area contributed by atoms with Crippen molar-refractivity contribution in [1.82, 2.24) is 9.80 Å². The highest BCUT2D eigenvalue weighted by atomic mass is 16.6. The number of nitrogens with zero attached hydrogens (tertiary/aromatic N) is 2. The fraction of sp³-hybridized carbons (Fsp3) is 0.562. The van der Waals surface area contributed by atoms with E-state index in [2.05, 4.69) is 11.8 Å². The van der Waals surface area contributed by atoms with Gasteiger partial charge in [0.1, 0.15) is 5.75 Å². The van der Waals surface area contributed by atoms with Gasteiger partial charge in [-0.15, -0.1) is 0 Å². The van der Waals surface area contributed by atoms with Gasteiger partial charge in [-0.1, -0.05) is 6.07 Å². The minimum Gasteiger partial charge on any atom is -0.410 e. The van der Waals surface area contributed by atoms with E-state index in [1.807, 2.05) is 39.2 Å². The summed E-state index contributed by atoms with van der Waals surface area (Å²) in [6.07, 6.45) is -0.196. The molecule has 0 aromatic heterocycles. The molecule has 1 aliphatic rings. The minimum absolute atomic E-state index is 0.145. The van der Waals surface area contributed by atoms with Gasteiger partial charge < -0.3 is 19.3 Å². The molecule has 2 rings (SSSR count). The first-order chi connectivity index (χ1) is 9.93. The van der Waals surface area contributed by atoms with Crippen molar-refractivity contribution >= 4 is 6.09 Å². The first-order valence-electron chi connectivity index (χ1n) is 7.27. The molecule has 21 heavy (non-hydrogen) atoms. The number of carbonyl (C=O) groups is 1. The van der Waals surface area contributed by atoms with E-state index in [0.29, 0.717) is 18.9 Å². The Hall–Kier alpha value is -1.59. The van der Waals surface area contributed by atoms with Crippen LogP contribution >= 0.6 is 0 Å². The molecular weight excluding hydrogens is 268 g/mol. The van der Waals surface area contributed by atoms with Crippen molar-refractivity contribution in [1.29, 1.82) is 0 Å². The second-order valence-corrected chi connectivity index (χ2v) is 5.67. The summed E-state index contributed by atoms with van der Waals surface area (Å²) in [6, 6.07) is 6.01. The zero-order valence-corrected chi connectivity index (χ0v) is 13.4. The molecule has 0 aliphatic carbocycles. The van der Waals surface area contributed by atoms with Gasteiger partial charge in [0, 0.05) is 13.6 Å². The number of ether oxygens (including phenoxy) is 2. The van der Waals surface area contributed by atoms with E-state index >= 15 is 0 Å². The van der Waals surface area contributed by atoms with Crippen LogP contribution in [0.3, 0.4) is 0 Å². The van der Waals surface area contributed by atoms with Gasteiger partial charge in [0.15, 0.2) is 0 Å². The molecule has 1 unspecified atom stereocenters. The van der Waals surface area contributed by atoms with Crippen LogP contribution in [-0.4, -0.2) is 49.7 Å². The number of fused-ring (bicyclic) bond motifs is 1. The quantitative estimate of drug-likeness (QED) is 0.859. The van der Waals surface area contributed by atoms with Crippen molar-refractivity contribution in [3.8, 4) is 5.75 Å². The second kappa shape index (κ2) is 6.45. The Morgan fingerprint density at radius 3 is 2.71 bits per heavy atom. The summed E-state index contributed by atoms with van der Waals surface area (Å²) in [5.74, 6) is 0.565. The summed E-state index contributed by atoms with van der Waals surface area (Å²) in [6.45, 7) is 5.16. The van der Waals surface area contributed by atoms with Gasteiger partial charge in [0.2, 0.25) is 0 Å². The maximum absolute atomic E-state index is 11.8. The predicted octanol–water partition coefficient (Wildman–Crippen LogP) is 2.66. The molecule has 1 aromatic rings. The van der Waals surface area contributed by atoms with Crippen LogP contribution in [0.4, 0.5) is 4.79 Å². The molecule has 1 amide bonds. The molecule has 1 aromatic carbocycles. The highest BCUT2D eigenvalue weighted by Gasteiger charge is 2.29. The molecule has 0 fully saturated rings. The Kier molecular flexibility index (Phi) is 4.85. The lowest BCUT2D eigenvalue weighted by Gasteiger charge is -2.36. The highest BCUT2D eigenvalue weighted by Crippen LogP contribution is 2.34. The van der Waals surface area contributed by atoms with E-state index in [0.717, 1.165) is 5.56 Å². The van der Waals surface area contributed by atoms with Crippen LogP contribution in [0.5, 0.6) is 5.75 Å². The van der Waals surface area contributed by atoms with Gasteiger partial charge >= 0.3 is 6.09 Å². The summed E-state index contributed by atoms with van der Waals surface area (Å²) in [7, 11) is 5.81. The molecule has 0 spiro atoms. The summed E-state index contributed by atoms with van der Waals surface area (Å²) in [5, 5.41) is 0. The van der Waals surface area contributed by atoms with Gasteiger partial charge in [-0.2, -0.15) is 0 Å². The Morgan fingerprint density at radius 1 is 1.38 bits per heavy atom. The third-order valence-electron chi connectivity index (χ3n) is 3.93. The summed E-state index contributed by atoms with van der Waals surface area (Å²) >= 11 is 0. The fourth-order valence-corrected chi connectivity index (χ4v) is 2.63. The molecule has 0 bridgehead atoms. The molecular formula is C16H24N2O3. The van der Waals surface area contributed by atoms with Gasteiger partial charge in [0.05, 0.1) is 18.8 Å². The van der Waals surface area contributed by atoms with E-state index in [1.54, 1.807) is 7.05 Å². The lowest BCUT2D eigenvalue weighted by Crippen LogP contribution is -2.35. The monoisotopic (exact) mass is 292 g/mol. The van der Waals surface area contributed by atoms with Crippen molar-refractivity contribution in [2.45, 2.75) is 32.6 Å². The van der Waals surface area contributed by atoms with Crippen molar-refractivity contribution in [3.05, 3.63) is 29.3 Å². The third-order valence-corrected chi connectivity index (χ3v) is 3.93. The molecule has 0 saturated carbocycles. The van der Waals surface area contributed by atoms with Crippen LogP contribution in [0.25, 0.3) is 0 Å². The summed E-state index contributed by atoms with van der Waals surface area (Å²) in [5.41, 5.74) is 2.32. The molecule has 2 atom stereocenters. The molecule has 1 heterocycles. The lowest BCUT2D eigenvalue weighted by atomic mass is 9.93. The van der Waals surface area contributed by atoms with Crippen molar-refractivity contribution < 1.29 is 14.3 Å². The smallest absolute Gasteiger partial charge is 0.410 e. The average Bonchev–Trinajstić information content (AvgIpc) is 2.45. The molecule has 116 valence electrons. The zero-order valence-electron chi connectivity index (χ0n) is 13.4. The minimum atomic E-state index is -0.341. The Morgan fingerprint density at radius 2 is 2.10 bits per heavy atom. The fourth-order valence-electron chi connectivity index (χ4n) is 2.63. The van der Waals surface area contributed by atoms with Gasteiger partial charge in [-0.3, -0.25) is 0 Å². The number of amides is 1. The van der Waals surface area contributed by atoms with E-state index in [4.69, 9.17) is 9.47 Å². The molecule has 5 heteroatoms. The van der Waals surface area contributed by atoms with Crippen molar-refractivity contribution in [3.63, 3.8) is 0 Å². The van der Waals surface area contributed by atoms with Crippen LogP contribution in [0.2, 0.25) is 0 Å². The number of hydrogen-bond donors (Lipinski definition) is 0. The topological polar surface area (TPSA) is 42.0 Å². The van der Waals surface area contributed by atoms with E-state index in [1.165, 1.54) is 10.5 Å². The van der Waals surface area contributed by atoms with Crippen molar-refractivity contribution in [2.24, 2.45) is 0 Å². The number of benzene rings is 1. The van der Waals surface area contributed by atoms with Crippen LogP contribution in [0.1, 0.15) is 31.0 Å². The second-order valence-electron chi connectivity index (χ2n) is 5.67. The number of rotatable bonds is 3. The Bertz CT molecular complexity index is 516. The maximum Gasteiger partial charge on any atom is 0.414 e. The average molecular weight is 292 g/mol. The molecule has 0 saturated heterocycles. The highest BCUT2D eigenvalue weighted by molar-refractivity contribution is 5.70. The van der Waals surface area contributed by atoms with Crippen LogP contribution < -0.4 is 4.74 Å². The third kappa shape index (κ3) is 3.36. The van der Waals surface area contributed by atoms with Crippen LogP contribution in [0.15, 0.2) is 18.2 Å². The maximum atomic E-state index is 11.8. The summed E-state index contributed by atoms with van der Waals surface area (Å²) < 4.78 is 11.2. The van der Waals surface area contributed by atoms with Gasteiger partial charge in [0.25, 0.3) is 0 Å². The van der Waals surface area contributed by atoms with E-state index < -0.39 is 0 Å². The lowest BCUT2D eigenvalue weighted by molar-refractivity contribution is -0.0168. The molecule has 5 nitrogen and oxygen atoms in total. The zero-order chi connectivity index (χ0) is 15.6. The number of hydrogen-bond acceptors (Lipinski definition) is 4. The largest absolute Gasteiger partial charge is 0.414 e. The van der Waals surface area contributed by atoms with Crippen LogP contribution in [-0.2, 0) is 11.3 Å². The molecule has 0 radical (unpaired) electrons. The van der Waals surface area contributed by atoms with Gasteiger partial charge in [-0.05, 0) is 51.2 Å². The molecule has 0 N–H and O–H groups in total. The normalized spacial score (nSPS) is 21.0. The number of likely N-dealkylation sites (N-methyl/N-ethyl adjacent to an activating group) is 1. The first-order valence-corrected chi connectivity index (χ1v) is 7.27. The number of carbonyl (C=O) groups excluding carboxylic acids is 1. The SMILES string of the molecule is CCN(C)C(=O)Oc1ccc2c(c1)CO[C@@H](C)C2N(C)C. The first kappa shape index (κ1) is 15.8. The van der Waals surface area contributed by atoms with Gasteiger partial charge in [-0.25, -0.2) is 4.79 Å².